The molecule has 1 aromatic rings. The Bertz CT molecular complexity index is 556. The van der Waals surface area contributed by atoms with Crippen molar-refractivity contribution in [3.63, 3.8) is 0 Å². The molecule has 1 aliphatic rings. The van der Waals surface area contributed by atoms with Gasteiger partial charge in [-0.2, -0.15) is 4.31 Å². The van der Waals surface area contributed by atoms with E-state index in [9.17, 15) is 8.42 Å². The van der Waals surface area contributed by atoms with Crippen LogP contribution in [-0.4, -0.2) is 38.9 Å². The SMILES string of the molecule is Nc1cc(Cl)c(Cl)cc1S(=O)(=O)N1CCNCC1. The first-order chi connectivity index (χ1) is 8.43. The molecule has 5 nitrogen and oxygen atoms in total. The Balaban J connectivity index is 2.43. The van der Waals surface area contributed by atoms with Crippen molar-refractivity contribution < 1.29 is 8.42 Å². The fourth-order valence-corrected chi connectivity index (χ4v) is 3.76. The molecule has 1 aromatic carbocycles. The van der Waals surface area contributed by atoms with E-state index < -0.39 is 10.0 Å². The number of nitrogens with one attached hydrogen (secondary N) is 1. The number of piperazine rings is 1. The summed E-state index contributed by atoms with van der Waals surface area (Å²) < 4.78 is 26.2. The number of rotatable bonds is 2. The average Bonchev–Trinajstić information content (AvgIpc) is 2.34. The van der Waals surface area contributed by atoms with Crippen LogP contribution in [0.3, 0.4) is 0 Å². The summed E-state index contributed by atoms with van der Waals surface area (Å²) in [5.74, 6) is 0. The third-order valence-electron chi connectivity index (χ3n) is 2.75. The van der Waals surface area contributed by atoms with Crippen molar-refractivity contribution in [1.29, 1.82) is 0 Å². The van der Waals surface area contributed by atoms with Gasteiger partial charge in [0.05, 0.1) is 15.7 Å². The summed E-state index contributed by atoms with van der Waals surface area (Å²) in [7, 11) is -3.61. The predicted octanol–water partition coefficient (Wildman–Crippen LogP) is 1.17. The lowest BCUT2D eigenvalue weighted by Gasteiger charge is -2.27. The Morgan fingerprint density at radius 2 is 1.72 bits per heavy atom. The Hall–Kier alpha value is -0.530. The van der Waals surface area contributed by atoms with Crippen molar-refractivity contribution in [2.45, 2.75) is 4.90 Å². The van der Waals surface area contributed by atoms with Gasteiger partial charge < -0.3 is 11.1 Å². The maximum atomic E-state index is 12.4. The molecular formula is C10H13Cl2N3O2S. The van der Waals surface area contributed by atoms with Crippen molar-refractivity contribution in [3.8, 4) is 0 Å². The summed E-state index contributed by atoms with van der Waals surface area (Å²) in [6, 6.07) is 2.66. The number of hydrogen-bond donors (Lipinski definition) is 2. The Morgan fingerprint density at radius 1 is 1.17 bits per heavy atom. The molecule has 0 spiro atoms. The second-order valence-corrected chi connectivity index (χ2v) is 6.68. The lowest BCUT2D eigenvalue weighted by atomic mass is 10.3. The number of benzene rings is 1. The summed E-state index contributed by atoms with van der Waals surface area (Å²) >= 11 is 11.6. The highest BCUT2D eigenvalue weighted by molar-refractivity contribution is 7.89. The van der Waals surface area contributed by atoms with Crippen LogP contribution in [0.5, 0.6) is 0 Å². The minimum absolute atomic E-state index is 0.0128. The van der Waals surface area contributed by atoms with Crippen LogP contribution in [-0.2, 0) is 10.0 Å². The van der Waals surface area contributed by atoms with Crippen LogP contribution in [0.15, 0.2) is 17.0 Å². The monoisotopic (exact) mass is 309 g/mol. The molecule has 1 aliphatic heterocycles. The first-order valence-corrected chi connectivity index (χ1v) is 7.58. The Labute approximate surface area is 116 Å². The van der Waals surface area contributed by atoms with Crippen LogP contribution in [0.2, 0.25) is 10.0 Å². The first kappa shape index (κ1) is 13.9. The van der Waals surface area contributed by atoms with Gasteiger partial charge in [-0.3, -0.25) is 0 Å². The third-order valence-corrected chi connectivity index (χ3v) is 5.42. The van der Waals surface area contributed by atoms with Crippen LogP contribution in [0, 0.1) is 0 Å². The molecule has 0 atom stereocenters. The molecule has 0 amide bonds. The molecule has 1 fully saturated rings. The molecule has 8 heteroatoms. The Kier molecular flexibility index (Phi) is 4.03. The van der Waals surface area contributed by atoms with Gasteiger partial charge in [-0.15, -0.1) is 0 Å². The summed E-state index contributed by atoms with van der Waals surface area (Å²) in [4.78, 5) is 0.0128. The second kappa shape index (κ2) is 5.22. The number of nitrogens with zero attached hydrogens (tertiary/aromatic N) is 1. The highest BCUT2D eigenvalue weighted by Gasteiger charge is 2.28. The topological polar surface area (TPSA) is 75.4 Å². The molecular weight excluding hydrogens is 297 g/mol. The number of nitrogens with two attached hydrogens (primary N) is 1. The maximum Gasteiger partial charge on any atom is 0.245 e. The van der Waals surface area contributed by atoms with Crippen LogP contribution in [0.25, 0.3) is 0 Å². The normalized spacial score (nSPS) is 17.9. The number of sulfonamides is 1. The molecule has 0 bridgehead atoms. The minimum Gasteiger partial charge on any atom is -0.398 e. The number of nitrogen functional groups attached to an aromatic ring is 1. The molecule has 0 aliphatic carbocycles. The van der Waals surface area contributed by atoms with E-state index >= 15 is 0 Å². The van der Waals surface area contributed by atoms with Gasteiger partial charge in [0.25, 0.3) is 0 Å². The van der Waals surface area contributed by atoms with Gasteiger partial charge in [-0.25, -0.2) is 8.42 Å². The summed E-state index contributed by atoms with van der Waals surface area (Å²) in [6.45, 7) is 2.09. The maximum absolute atomic E-state index is 12.4. The number of halogens is 2. The molecule has 0 aromatic heterocycles. The molecule has 100 valence electrons. The molecule has 18 heavy (non-hydrogen) atoms. The fourth-order valence-electron chi connectivity index (χ4n) is 1.79. The molecule has 1 saturated heterocycles. The predicted molar refractivity (Wildman–Crippen MR) is 72.5 cm³/mol. The zero-order chi connectivity index (χ0) is 13.3. The molecule has 1 heterocycles. The van der Waals surface area contributed by atoms with Gasteiger partial charge in [0.1, 0.15) is 4.90 Å². The molecule has 2 rings (SSSR count). The van der Waals surface area contributed by atoms with Gasteiger partial charge in [-0.05, 0) is 12.1 Å². The van der Waals surface area contributed by atoms with E-state index in [4.69, 9.17) is 28.9 Å². The first-order valence-electron chi connectivity index (χ1n) is 5.38. The van der Waals surface area contributed by atoms with Gasteiger partial charge in [0, 0.05) is 26.2 Å². The zero-order valence-electron chi connectivity index (χ0n) is 9.49. The fraction of sp³-hybridized carbons (Fsp3) is 0.400. The van der Waals surface area contributed by atoms with Gasteiger partial charge in [0.15, 0.2) is 0 Å². The standard InChI is InChI=1S/C10H13Cl2N3O2S/c11-7-5-9(13)10(6-8(7)12)18(16,17)15-3-1-14-2-4-15/h5-6,14H,1-4,13H2. The largest absolute Gasteiger partial charge is 0.398 e. The lowest BCUT2D eigenvalue weighted by molar-refractivity contribution is 0.360. The van der Waals surface area contributed by atoms with E-state index in [0.717, 1.165) is 0 Å². The molecule has 0 unspecified atom stereocenters. The van der Waals surface area contributed by atoms with Crippen molar-refractivity contribution in [3.05, 3.63) is 22.2 Å². The molecule has 3 N–H and O–H groups in total. The van der Waals surface area contributed by atoms with Gasteiger partial charge in [-0.1, -0.05) is 23.2 Å². The second-order valence-electron chi connectivity index (χ2n) is 3.96. The van der Waals surface area contributed by atoms with Gasteiger partial charge >= 0.3 is 0 Å². The zero-order valence-corrected chi connectivity index (χ0v) is 11.8. The summed E-state index contributed by atoms with van der Waals surface area (Å²) in [6.07, 6.45) is 0. The van der Waals surface area contributed by atoms with E-state index in [1.165, 1.54) is 16.4 Å². The van der Waals surface area contributed by atoms with Crippen molar-refractivity contribution in [2.75, 3.05) is 31.9 Å². The third kappa shape index (κ3) is 2.57. The molecule has 0 saturated carbocycles. The van der Waals surface area contributed by atoms with Gasteiger partial charge in [0.2, 0.25) is 10.0 Å². The van der Waals surface area contributed by atoms with Crippen LogP contribution in [0.1, 0.15) is 0 Å². The number of hydrogen-bond acceptors (Lipinski definition) is 4. The van der Waals surface area contributed by atoms with Crippen molar-refractivity contribution in [1.82, 2.24) is 9.62 Å². The summed E-state index contributed by atoms with van der Waals surface area (Å²) in [5, 5.41) is 3.51. The van der Waals surface area contributed by atoms with Crippen molar-refractivity contribution in [2.24, 2.45) is 0 Å². The highest BCUT2D eigenvalue weighted by Crippen LogP contribution is 2.31. The smallest absolute Gasteiger partial charge is 0.245 e. The van der Waals surface area contributed by atoms with Crippen LogP contribution >= 0.6 is 23.2 Å². The van der Waals surface area contributed by atoms with E-state index in [1.54, 1.807) is 0 Å². The van der Waals surface area contributed by atoms with E-state index in [-0.39, 0.29) is 20.6 Å². The molecule has 0 radical (unpaired) electrons. The van der Waals surface area contributed by atoms with E-state index in [0.29, 0.717) is 26.2 Å². The highest BCUT2D eigenvalue weighted by atomic mass is 35.5. The van der Waals surface area contributed by atoms with E-state index in [2.05, 4.69) is 5.32 Å². The number of anilines is 1. The van der Waals surface area contributed by atoms with Crippen LogP contribution < -0.4 is 11.1 Å². The Morgan fingerprint density at radius 3 is 2.33 bits per heavy atom. The summed E-state index contributed by atoms with van der Waals surface area (Å²) in [5.41, 5.74) is 5.83. The quantitative estimate of drug-likeness (QED) is 0.804. The average molecular weight is 310 g/mol. The van der Waals surface area contributed by atoms with Crippen molar-refractivity contribution >= 4 is 38.9 Å². The lowest BCUT2D eigenvalue weighted by Crippen LogP contribution is -2.46. The van der Waals surface area contributed by atoms with E-state index in [1.807, 2.05) is 0 Å². The minimum atomic E-state index is -3.61. The van der Waals surface area contributed by atoms with Crippen LogP contribution in [0.4, 0.5) is 5.69 Å².